The van der Waals surface area contributed by atoms with E-state index in [0.29, 0.717) is 0 Å². The second-order valence-electron chi connectivity index (χ2n) is 5.69. The van der Waals surface area contributed by atoms with E-state index in [1.54, 1.807) is 0 Å². The molecule has 0 heterocycles. The number of hydrogen-bond acceptors (Lipinski definition) is 1. The van der Waals surface area contributed by atoms with E-state index in [0.717, 1.165) is 12.2 Å². The summed E-state index contributed by atoms with van der Waals surface area (Å²) in [5.41, 5.74) is 2.19. The van der Waals surface area contributed by atoms with Gasteiger partial charge in [-0.15, -0.1) is 0 Å². The third-order valence-corrected chi connectivity index (χ3v) is 6.04. The highest BCUT2D eigenvalue weighted by atomic mass is 28.3. The third kappa shape index (κ3) is 3.76. The van der Waals surface area contributed by atoms with Gasteiger partial charge >= 0.3 is 0 Å². The smallest absolute Gasteiger partial charge is 0.0638 e. The largest absolute Gasteiger partial charge is 0.302 e. The standard InChI is InChI=1S/C14H25NSi/c1-6-14(16(3,4)5)15(2)12-13-10-8-7-9-11-13/h7-11,14H,6,12H2,1-5H3. The highest BCUT2D eigenvalue weighted by Gasteiger charge is 2.28. The average Bonchev–Trinajstić information content (AvgIpc) is 2.17. The Morgan fingerprint density at radius 2 is 1.69 bits per heavy atom. The van der Waals surface area contributed by atoms with Crippen molar-refractivity contribution in [2.45, 2.75) is 45.2 Å². The SMILES string of the molecule is CCC(N(C)Cc1ccccc1)[Si](C)(C)C. The highest BCUT2D eigenvalue weighted by molar-refractivity contribution is 6.77. The fourth-order valence-corrected chi connectivity index (χ4v) is 5.21. The Morgan fingerprint density at radius 1 is 1.12 bits per heavy atom. The fourth-order valence-electron chi connectivity index (χ4n) is 2.57. The molecule has 0 fully saturated rings. The van der Waals surface area contributed by atoms with Gasteiger partial charge in [0.2, 0.25) is 0 Å². The van der Waals surface area contributed by atoms with E-state index in [4.69, 9.17) is 0 Å². The van der Waals surface area contributed by atoms with Crippen LogP contribution in [0, 0.1) is 0 Å². The van der Waals surface area contributed by atoms with Crippen molar-refractivity contribution in [3.8, 4) is 0 Å². The summed E-state index contributed by atoms with van der Waals surface area (Å²) in [6.07, 6.45) is 1.26. The quantitative estimate of drug-likeness (QED) is 0.702. The van der Waals surface area contributed by atoms with Crippen LogP contribution in [0.1, 0.15) is 18.9 Å². The zero-order valence-electron chi connectivity index (χ0n) is 11.3. The molecule has 0 spiro atoms. The molecule has 0 saturated carbocycles. The lowest BCUT2D eigenvalue weighted by atomic mass is 10.2. The van der Waals surface area contributed by atoms with Gasteiger partial charge < -0.3 is 4.90 Å². The zero-order chi connectivity index (χ0) is 12.2. The summed E-state index contributed by atoms with van der Waals surface area (Å²) in [6.45, 7) is 10.8. The van der Waals surface area contributed by atoms with Crippen molar-refractivity contribution in [3.05, 3.63) is 35.9 Å². The molecule has 1 atom stereocenters. The topological polar surface area (TPSA) is 3.24 Å². The van der Waals surface area contributed by atoms with E-state index < -0.39 is 8.07 Å². The van der Waals surface area contributed by atoms with Gasteiger partial charge in [0, 0.05) is 12.2 Å². The molecule has 2 heteroatoms. The van der Waals surface area contributed by atoms with Crippen LogP contribution in [-0.2, 0) is 6.54 Å². The lowest BCUT2D eigenvalue weighted by Crippen LogP contribution is -2.48. The van der Waals surface area contributed by atoms with Crippen molar-refractivity contribution in [2.75, 3.05) is 7.05 Å². The number of rotatable bonds is 5. The first-order valence-corrected chi connectivity index (χ1v) is 9.77. The number of hydrogen-bond donors (Lipinski definition) is 0. The fraction of sp³-hybridized carbons (Fsp3) is 0.571. The van der Waals surface area contributed by atoms with Crippen LogP contribution < -0.4 is 0 Å². The van der Waals surface area contributed by atoms with E-state index >= 15 is 0 Å². The number of nitrogens with zero attached hydrogens (tertiary/aromatic N) is 1. The minimum Gasteiger partial charge on any atom is -0.302 e. The van der Waals surface area contributed by atoms with Crippen LogP contribution in [0.5, 0.6) is 0 Å². The van der Waals surface area contributed by atoms with Gasteiger partial charge in [-0.3, -0.25) is 0 Å². The lowest BCUT2D eigenvalue weighted by molar-refractivity contribution is 0.284. The Bertz CT molecular complexity index is 302. The number of benzene rings is 1. The molecular formula is C14H25NSi. The second kappa shape index (κ2) is 5.64. The van der Waals surface area contributed by atoms with E-state index in [1.165, 1.54) is 12.0 Å². The Balaban J connectivity index is 2.67. The molecule has 0 aliphatic carbocycles. The summed E-state index contributed by atoms with van der Waals surface area (Å²) in [5.74, 6) is 0. The molecule has 1 nitrogen and oxygen atoms in total. The summed E-state index contributed by atoms with van der Waals surface area (Å²) < 4.78 is 0. The van der Waals surface area contributed by atoms with Crippen molar-refractivity contribution in [1.82, 2.24) is 4.90 Å². The molecule has 0 radical (unpaired) electrons. The molecule has 0 aliphatic rings. The first-order chi connectivity index (χ1) is 7.45. The molecule has 0 amide bonds. The minimum absolute atomic E-state index is 0.771. The van der Waals surface area contributed by atoms with Crippen molar-refractivity contribution in [1.29, 1.82) is 0 Å². The Kier molecular flexibility index (Phi) is 4.75. The van der Waals surface area contributed by atoms with Gasteiger partial charge in [0.25, 0.3) is 0 Å². The summed E-state index contributed by atoms with van der Waals surface area (Å²) in [4.78, 5) is 2.53. The van der Waals surface area contributed by atoms with Crippen LogP contribution in [0.3, 0.4) is 0 Å². The van der Waals surface area contributed by atoms with Crippen LogP contribution in [0.15, 0.2) is 30.3 Å². The predicted octanol–water partition coefficient (Wildman–Crippen LogP) is 3.77. The molecule has 90 valence electrons. The first kappa shape index (κ1) is 13.5. The van der Waals surface area contributed by atoms with Gasteiger partial charge in [-0.05, 0) is 19.0 Å². The Labute approximate surface area is 101 Å². The summed E-state index contributed by atoms with van der Waals surface area (Å²) in [6, 6.07) is 10.8. The predicted molar refractivity (Wildman–Crippen MR) is 75.3 cm³/mol. The van der Waals surface area contributed by atoms with Gasteiger partial charge in [-0.25, -0.2) is 0 Å². The van der Waals surface area contributed by atoms with Crippen molar-refractivity contribution in [2.24, 2.45) is 0 Å². The second-order valence-corrected chi connectivity index (χ2v) is 11.1. The maximum Gasteiger partial charge on any atom is 0.0638 e. The zero-order valence-corrected chi connectivity index (χ0v) is 12.3. The van der Waals surface area contributed by atoms with E-state index in [9.17, 15) is 0 Å². The summed E-state index contributed by atoms with van der Waals surface area (Å²) >= 11 is 0. The molecule has 1 aromatic carbocycles. The Morgan fingerprint density at radius 3 is 2.12 bits per heavy atom. The highest BCUT2D eigenvalue weighted by Crippen LogP contribution is 2.18. The normalized spacial score (nSPS) is 14.1. The van der Waals surface area contributed by atoms with Crippen LogP contribution in [-0.4, -0.2) is 25.7 Å². The molecule has 1 aromatic rings. The molecular weight excluding hydrogens is 210 g/mol. The van der Waals surface area contributed by atoms with E-state index in [1.807, 2.05) is 0 Å². The van der Waals surface area contributed by atoms with E-state index in [-0.39, 0.29) is 0 Å². The minimum atomic E-state index is -1.08. The maximum absolute atomic E-state index is 2.53. The van der Waals surface area contributed by atoms with Crippen LogP contribution in [0.4, 0.5) is 0 Å². The van der Waals surface area contributed by atoms with Crippen LogP contribution in [0.25, 0.3) is 0 Å². The first-order valence-electron chi connectivity index (χ1n) is 6.19. The summed E-state index contributed by atoms with van der Waals surface area (Å²) in [5, 5.41) is 0. The monoisotopic (exact) mass is 235 g/mol. The van der Waals surface area contributed by atoms with Crippen molar-refractivity contribution < 1.29 is 0 Å². The van der Waals surface area contributed by atoms with Gasteiger partial charge in [-0.2, -0.15) is 0 Å². The Hall–Kier alpha value is -0.603. The third-order valence-electron chi connectivity index (χ3n) is 3.19. The van der Waals surface area contributed by atoms with Gasteiger partial charge in [0.05, 0.1) is 8.07 Å². The molecule has 0 aliphatic heterocycles. The molecule has 1 unspecified atom stereocenters. The van der Waals surface area contributed by atoms with Gasteiger partial charge in [-0.1, -0.05) is 56.9 Å². The molecule has 16 heavy (non-hydrogen) atoms. The summed E-state index contributed by atoms with van der Waals surface area (Å²) in [7, 11) is 1.19. The molecule has 0 bridgehead atoms. The molecule has 0 aromatic heterocycles. The average molecular weight is 235 g/mol. The van der Waals surface area contributed by atoms with E-state index in [2.05, 4.69) is 68.8 Å². The maximum atomic E-state index is 2.53. The van der Waals surface area contributed by atoms with Gasteiger partial charge in [0.1, 0.15) is 0 Å². The van der Waals surface area contributed by atoms with Crippen molar-refractivity contribution >= 4 is 8.07 Å². The molecule has 1 rings (SSSR count). The van der Waals surface area contributed by atoms with Crippen LogP contribution in [0.2, 0.25) is 19.6 Å². The van der Waals surface area contributed by atoms with Gasteiger partial charge in [0.15, 0.2) is 0 Å². The van der Waals surface area contributed by atoms with Crippen LogP contribution >= 0.6 is 0 Å². The lowest BCUT2D eigenvalue weighted by Gasteiger charge is -2.36. The van der Waals surface area contributed by atoms with Crippen molar-refractivity contribution in [3.63, 3.8) is 0 Å². The molecule has 0 N–H and O–H groups in total. The molecule has 0 saturated heterocycles.